The van der Waals surface area contributed by atoms with Crippen molar-refractivity contribution in [2.75, 3.05) is 0 Å². The van der Waals surface area contributed by atoms with Gasteiger partial charge in [0.15, 0.2) is 0 Å². The van der Waals surface area contributed by atoms with Crippen molar-refractivity contribution in [1.82, 2.24) is 0 Å². The molecule has 2 rings (SSSR count). The smallest absolute Gasteiger partial charge is 0.126 e. The van der Waals surface area contributed by atoms with Gasteiger partial charge < -0.3 is 0 Å². The van der Waals surface area contributed by atoms with Crippen LogP contribution in [0.5, 0.6) is 0 Å². The summed E-state index contributed by atoms with van der Waals surface area (Å²) in [5.74, 6) is -0.515. The van der Waals surface area contributed by atoms with Crippen molar-refractivity contribution >= 4 is 0 Å². The van der Waals surface area contributed by atoms with Gasteiger partial charge in [-0.1, -0.05) is 0 Å². The highest BCUT2D eigenvalue weighted by Gasteiger charge is 2.24. The van der Waals surface area contributed by atoms with Crippen LogP contribution in [0.15, 0.2) is 18.2 Å². The van der Waals surface area contributed by atoms with E-state index >= 15 is 0 Å². The minimum atomic E-state index is -0.466. The van der Waals surface area contributed by atoms with Crippen LogP contribution >= 0.6 is 0 Å². The summed E-state index contributed by atoms with van der Waals surface area (Å²) in [5.41, 5.74) is 0.808. The highest BCUT2D eigenvalue weighted by molar-refractivity contribution is 5.25. The summed E-state index contributed by atoms with van der Waals surface area (Å²) in [4.78, 5) is 0. The molecule has 11 heavy (non-hydrogen) atoms. The average molecular weight is 154 g/mol. The highest BCUT2D eigenvalue weighted by Crippen LogP contribution is 2.40. The Morgan fingerprint density at radius 3 is 2.00 bits per heavy atom. The molecule has 0 spiro atoms. The van der Waals surface area contributed by atoms with Gasteiger partial charge in [0.1, 0.15) is 11.6 Å². The monoisotopic (exact) mass is 154 g/mol. The molecule has 0 amide bonds. The Morgan fingerprint density at radius 1 is 1.00 bits per heavy atom. The maximum atomic E-state index is 12.6. The lowest BCUT2D eigenvalue weighted by atomic mass is 10.1. The fourth-order valence-corrected chi connectivity index (χ4v) is 1.23. The third-order valence-corrected chi connectivity index (χ3v) is 1.93. The number of hydrogen-bond donors (Lipinski definition) is 0. The quantitative estimate of drug-likeness (QED) is 0.583. The van der Waals surface area contributed by atoms with Crippen LogP contribution < -0.4 is 0 Å². The third kappa shape index (κ3) is 1.39. The van der Waals surface area contributed by atoms with E-state index in [1.165, 1.54) is 12.1 Å². The van der Waals surface area contributed by atoms with Crippen molar-refractivity contribution in [3.63, 3.8) is 0 Å². The van der Waals surface area contributed by atoms with Crippen molar-refractivity contribution in [1.29, 1.82) is 0 Å². The molecule has 0 aliphatic heterocycles. The van der Waals surface area contributed by atoms with Crippen molar-refractivity contribution in [3.8, 4) is 0 Å². The standard InChI is InChI=1S/C9H8F2/c10-8-3-7(6-1-2-6)4-9(11)5-8/h3-6H,1-2H2. The van der Waals surface area contributed by atoms with Crippen molar-refractivity contribution in [2.45, 2.75) is 18.8 Å². The van der Waals surface area contributed by atoms with Crippen LogP contribution in [0.3, 0.4) is 0 Å². The summed E-state index contributed by atoms with van der Waals surface area (Å²) in [7, 11) is 0. The molecule has 2 heteroatoms. The van der Waals surface area contributed by atoms with Crippen LogP contribution in [-0.2, 0) is 0 Å². The molecule has 0 unspecified atom stereocenters. The van der Waals surface area contributed by atoms with Crippen molar-refractivity contribution < 1.29 is 8.78 Å². The predicted octanol–water partition coefficient (Wildman–Crippen LogP) is 2.84. The normalized spacial score (nSPS) is 16.9. The number of hydrogen-bond acceptors (Lipinski definition) is 0. The zero-order valence-corrected chi connectivity index (χ0v) is 5.98. The lowest BCUT2D eigenvalue weighted by Crippen LogP contribution is -1.84. The maximum Gasteiger partial charge on any atom is 0.126 e. The Kier molecular flexibility index (Phi) is 1.41. The summed E-state index contributed by atoms with van der Waals surface area (Å²) >= 11 is 0. The molecular formula is C9H8F2. The van der Waals surface area contributed by atoms with Gasteiger partial charge in [-0.25, -0.2) is 8.78 Å². The molecule has 0 atom stereocenters. The van der Waals surface area contributed by atoms with Crippen LogP contribution in [0.4, 0.5) is 8.78 Å². The minimum Gasteiger partial charge on any atom is -0.207 e. The minimum absolute atomic E-state index is 0.417. The molecule has 0 aromatic heterocycles. The van der Waals surface area contributed by atoms with E-state index in [4.69, 9.17) is 0 Å². The highest BCUT2D eigenvalue weighted by atomic mass is 19.1. The fourth-order valence-electron chi connectivity index (χ4n) is 1.23. The number of rotatable bonds is 1. The van der Waals surface area contributed by atoms with Gasteiger partial charge in [0.05, 0.1) is 0 Å². The van der Waals surface area contributed by atoms with E-state index in [0.717, 1.165) is 24.5 Å². The molecule has 58 valence electrons. The van der Waals surface area contributed by atoms with E-state index in [1.807, 2.05) is 0 Å². The first-order valence-corrected chi connectivity index (χ1v) is 3.72. The van der Waals surface area contributed by atoms with Gasteiger partial charge in [0.2, 0.25) is 0 Å². The van der Waals surface area contributed by atoms with Gasteiger partial charge >= 0.3 is 0 Å². The fraction of sp³-hybridized carbons (Fsp3) is 0.333. The summed E-state index contributed by atoms with van der Waals surface area (Å²) < 4.78 is 25.2. The van der Waals surface area contributed by atoms with Crippen LogP contribution in [0.2, 0.25) is 0 Å². The van der Waals surface area contributed by atoms with E-state index in [-0.39, 0.29) is 0 Å². The van der Waals surface area contributed by atoms with Gasteiger partial charge in [-0.05, 0) is 36.5 Å². The zero-order valence-electron chi connectivity index (χ0n) is 5.98. The maximum absolute atomic E-state index is 12.6. The molecule has 0 N–H and O–H groups in total. The average Bonchev–Trinajstić information content (AvgIpc) is 2.64. The molecule has 1 aliphatic carbocycles. The molecule has 1 aromatic rings. The van der Waals surface area contributed by atoms with Crippen LogP contribution in [0.25, 0.3) is 0 Å². The van der Waals surface area contributed by atoms with E-state index in [1.54, 1.807) is 0 Å². The Hall–Kier alpha value is -0.920. The van der Waals surface area contributed by atoms with Crippen LogP contribution in [0.1, 0.15) is 24.3 Å². The molecule has 0 bridgehead atoms. The number of halogens is 2. The van der Waals surface area contributed by atoms with Crippen LogP contribution in [0, 0.1) is 11.6 Å². The lowest BCUT2D eigenvalue weighted by Gasteiger charge is -1.97. The molecule has 1 aromatic carbocycles. The van der Waals surface area contributed by atoms with Crippen molar-refractivity contribution in [3.05, 3.63) is 35.4 Å². The SMILES string of the molecule is Fc1cc(F)cc(C2CC2)c1. The van der Waals surface area contributed by atoms with E-state index in [0.29, 0.717) is 5.92 Å². The van der Waals surface area contributed by atoms with Crippen molar-refractivity contribution in [2.24, 2.45) is 0 Å². The molecular weight excluding hydrogens is 146 g/mol. The summed E-state index contributed by atoms with van der Waals surface area (Å²) in [6.07, 6.45) is 2.14. The first-order valence-electron chi connectivity index (χ1n) is 3.72. The summed E-state index contributed by atoms with van der Waals surface area (Å²) in [5, 5.41) is 0. The molecule has 0 saturated heterocycles. The predicted molar refractivity (Wildman–Crippen MR) is 38.3 cm³/mol. The second kappa shape index (κ2) is 2.29. The molecule has 1 fully saturated rings. The van der Waals surface area contributed by atoms with Gasteiger partial charge in [0.25, 0.3) is 0 Å². The number of benzene rings is 1. The Labute approximate surface area is 63.9 Å². The second-order valence-corrected chi connectivity index (χ2v) is 2.98. The molecule has 1 saturated carbocycles. The summed E-state index contributed by atoms with van der Waals surface area (Å²) in [6.45, 7) is 0. The third-order valence-electron chi connectivity index (χ3n) is 1.93. The first kappa shape index (κ1) is 6.77. The molecule has 0 nitrogen and oxygen atoms in total. The molecule has 1 aliphatic rings. The Bertz CT molecular complexity index is 257. The summed E-state index contributed by atoms with van der Waals surface area (Å²) in [6, 6.07) is 3.74. The largest absolute Gasteiger partial charge is 0.207 e. The second-order valence-electron chi connectivity index (χ2n) is 2.98. The molecule has 0 radical (unpaired) electrons. The molecule has 0 heterocycles. The van der Waals surface area contributed by atoms with Crippen LogP contribution in [-0.4, -0.2) is 0 Å². The van der Waals surface area contributed by atoms with Gasteiger partial charge in [0, 0.05) is 6.07 Å². The van der Waals surface area contributed by atoms with Gasteiger partial charge in [-0.2, -0.15) is 0 Å². The van der Waals surface area contributed by atoms with Gasteiger partial charge in [-0.3, -0.25) is 0 Å². The van der Waals surface area contributed by atoms with E-state index in [2.05, 4.69) is 0 Å². The van der Waals surface area contributed by atoms with E-state index in [9.17, 15) is 8.78 Å². The first-order chi connectivity index (χ1) is 5.25. The Balaban J connectivity index is 2.39. The topological polar surface area (TPSA) is 0 Å². The Morgan fingerprint density at radius 2 is 1.55 bits per heavy atom. The lowest BCUT2D eigenvalue weighted by molar-refractivity contribution is 0.580. The van der Waals surface area contributed by atoms with E-state index < -0.39 is 11.6 Å². The van der Waals surface area contributed by atoms with Gasteiger partial charge in [-0.15, -0.1) is 0 Å². The zero-order chi connectivity index (χ0) is 7.84.